The lowest BCUT2D eigenvalue weighted by Crippen LogP contribution is -2.03. The van der Waals surface area contributed by atoms with Gasteiger partial charge in [0, 0.05) is 0 Å². The van der Waals surface area contributed by atoms with Crippen molar-refractivity contribution in [3.8, 4) is 0 Å². The number of rotatable bonds is 4. The van der Waals surface area contributed by atoms with Crippen molar-refractivity contribution in [3.05, 3.63) is 59.7 Å². The SMILES string of the molecule is C=C/C(CO)=C(\C)C(O)c1ccccc1. The van der Waals surface area contributed by atoms with E-state index in [-0.39, 0.29) is 6.61 Å². The first-order chi connectivity index (χ1) is 7.20. The molecule has 2 heteroatoms. The van der Waals surface area contributed by atoms with E-state index >= 15 is 0 Å². The van der Waals surface area contributed by atoms with Gasteiger partial charge in [-0.05, 0) is 23.6 Å². The van der Waals surface area contributed by atoms with Crippen LogP contribution in [-0.4, -0.2) is 16.8 Å². The second-order valence-electron chi connectivity index (χ2n) is 3.38. The van der Waals surface area contributed by atoms with E-state index in [1.807, 2.05) is 30.3 Å². The third kappa shape index (κ3) is 2.78. The third-order valence-electron chi connectivity index (χ3n) is 2.45. The van der Waals surface area contributed by atoms with Crippen LogP contribution in [0.5, 0.6) is 0 Å². The minimum absolute atomic E-state index is 0.0980. The summed E-state index contributed by atoms with van der Waals surface area (Å²) in [5.74, 6) is 0. The van der Waals surface area contributed by atoms with Crippen molar-refractivity contribution in [2.45, 2.75) is 13.0 Å². The summed E-state index contributed by atoms with van der Waals surface area (Å²) in [4.78, 5) is 0. The first kappa shape index (κ1) is 11.7. The molecule has 1 aromatic carbocycles. The molecule has 0 aliphatic carbocycles. The van der Waals surface area contributed by atoms with Gasteiger partial charge in [0.1, 0.15) is 6.10 Å². The maximum absolute atomic E-state index is 10.0. The molecule has 0 aromatic heterocycles. The van der Waals surface area contributed by atoms with E-state index < -0.39 is 6.10 Å². The molecule has 1 rings (SSSR count). The van der Waals surface area contributed by atoms with Gasteiger partial charge in [0.25, 0.3) is 0 Å². The predicted molar refractivity (Wildman–Crippen MR) is 61.4 cm³/mol. The Morgan fingerprint density at radius 1 is 1.40 bits per heavy atom. The standard InChI is InChI=1S/C13H16O2/c1-3-11(9-14)10(2)13(15)12-7-5-4-6-8-12/h3-8,13-15H,1,9H2,2H3/b11-10-. The molecule has 80 valence electrons. The van der Waals surface area contributed by atoms with Crippen LogP contribution in [-0.2, 0) is 0 Å². The van der Waals surface area contributed by atoms with Crippen LogP contribution < -0.4 is 0 Å². The summed E-state index contributed by atoms with van der Waals surface area (Å²) in [6, 6.07) is 9.35. The van der Waals surface area contributed by atoms with Crippen molar-refractivity contribution in [2.75, 3.05) is 6.61 Å². The molecule has 1 atom stereocenters. The van der Waals surface area contributed by atoms with Gasteiger partial charge < -0.3 is 10.2 Å². The molecule has 1 unspecified atom stereocenters. The molecule has 0 aliphatic rings. The molecule has 0 spiro atoms. The van der Waals surface area contributed by atoms with E-state index in [0.29, 0.717) is 5.57 Å². The molecule has 0 fully saturated rings. The van der Waals surface area contributed by atoms with Crippen molar-refractivity contribution in [1.29, 1.82) is 0 Å². The Bertz CT molecular complexity index is 352. The monoisotopic (exact) mass is 204 g/mol. The van der Waals surface area contributed by atoms with Gasteiger partial charge in [-0.25, -0.2) is 0 Å². The Morgan fingerprint density at radius 2 is 2.00 bits per heavy atom. The van der Waals surface area contributed by atoms with Gasteiger partial charge >= 0.3 is 0 Å². The van der Waals surface area contributed by atoms with Crippen molar-refractivity contribution in [1.82, 2.24) is 0 Å². The maximum Gasteiger partial charge on any atom is 0.100 e. The molecule has 0 saturated carbocycles. The summed E-state index contributed by atoms with van der Waals surface area (Å²) in [5.41, 5.74) is 2.23. The second kappa shape index (κ2) is 5.49. The quantitative estimate of drug-likeness (QED) is 0.738. The number of benzene rings is 1. The van der Waals surface area contributed by atoms with E-state index in [0.717, 1.165) is 11.1 Å². The highest BCUT2D eigenvalue weighted by molar-refractivity contribution is 5.32. The van der Waals surface area contributed by atoms with Crippen LogP contribution in [0.25, 0.3) is 0 Å². The van der Waals surface area contributed by atoms with Crippen LogP contribution in [0.3, 0.4) is 0 Å². The van der Waals surface area contributed by atoms with Crippen molar-refractivity contribution in [2.24, 2.45) is 0 Å². The summed E-state index contributed by atoms with van der Waals surface area (Å²) >= 11 is 0. The highest BCUT2D eigenvalue weighted by Crippen LogP contribution is 2.23. The summed E-state index contributed by atoms with van der Waals surface area (Å²) < 4.78 is 0. The van der Waals surface area contributed by atoms with E-state index in [1.165, 1.54) is 0 Å². The molecule has 0 radical (unpaired) electrons. The molecule has 1 aromatic rings. The Kier molecular flexibility index (Phi) is 4.28. The summed E-state index contributed by atoms with van der Waals surface area (Å²) in [6.07, 6.45) is 0.896. The Labute approximate surface area is 90.2 Å². The summed E-state index contributed by atoms with van der Waals surface area (Å²) in [6.45, 7) is 5.30. The molecule has 2 N–H and O–H groups in total. The molecule has 0 aliphatic heterocycles. The topological polar surface area (TPSA) is 40.5 Å². The number of hydrogen-bond donors (Lipinski definition) is 2. The van der Waals surface area contributed by atoms with Gasteiger partial charge in [0.05, 0.1) is 6.61 Å². The van der Waals surface area contributed by atoms with Gasteiger partial charge in [0.15, 0.2) is 0 Å². The van der Waals surface area contributed by atoms with Gasteiger partial charge in [0.2, 0.25) is 0 Å². The zero-order valence-electron chi connectivity index (χ0n) is 8.85. The average Bonchev–Trinajstić information content (AvgIpc) is 2.30. The van der Waals surface area contributed by atoms with Crippen LogP contribution in [0, 0.1) is 0 Å². The van der Waals surface area contributed by atoms with Crippen molar-refractivity contribution < 1.29 is 10.2 Å². The number of aliphatic hydroxyl groups is 2. The van der Waals surface area contributed by atoms with Crippen molar-refractivity contribution in [3.63, 3.8) is 0 Å². The molecule has 0 bridgehead atoms. The first-order valence-corrected chi connectivity index (χ1v) is 4.86. The zero-order valence-corrected chi connectivity index (χ0v) is 8.85. The van der Waals surface area contributed by atoms with E-state index in [9.17, 15) is 5.11 Å². The average molecular weight is 204 g/mol. The Hall–Kier alpha value is -1.38. The van der Waals surface area contributed by atoms with Crippen LogP contribution >= 0.6 is 0 Å². The fourth-order valence-electron chi connectivity index (χ4n) is 1.41. The lowest BCUT2D eigenvalue weighted by molar-refractivity contribution is 0.212. The minimum Gasteiger partial charge on any atom is -0.392 e. The van der Waals surface area contributed by atoms with Crippen LogP contribution in [0.4, 0.5) is 0 Å². The first-order valence-electron chi connectivity index (χ1n) is 4.86. The summed E-state index contributed by atoms with van der Waals surface area (Å²) in [7, 11) is 0. The highest BCUT2D eigenvalue weighted by atomic mass is 16.3. The number of hydrogen-bond acceptors (Lipinski definition) is 2. The smallest absolute Gasteiger partial charge is 0.100 e. The summed E-state index contributed by atoms with van der Waals surface area (Å²) in [5, 5.41) is 19.1. The van der Waals surface area contributed by atoms with Crippen LogP contribution in [0.15, 0.2) is 54.1 Å². The molecular formula is C13H16O2. The Morgan fingerprint density at radius 3 is 2.47 bits per heavy atom. The van der Waals surface area contributed by atoms with Gasteiger partial charge in [-0.15, -0.1) is 0 Å². The van der Waals surface area contributed by atoms with Gasteiger partial charge in [-0.2, -0.15) is 0 Å². The minimum atomic E-state index is -0.675. The van der Waals surface area contributed by atoms with Crippen molar-refractivity contribution >= 4 is 0 Å². The molecule has 0 amide bonds. The normalized spacial score (nSPS) is 14.3. The lowest BCUT2D eigenvalue weighted by atomic mass is 9.98. The zero-order chi connectivity index (χ0) is 11.3. The fraction of sp³-hybridized carbons (Fsp3) is 0.231. The second-order valence-corrected chi connectivity index (χ2v) is 3.38. The van der Waals surface area contributed by atoms with E-state index in [1.54, 1.807) is 13.0 Å². The fourth-order valence-corrected chi connectivity index (χ4v) is 1.41. The maximum atomic E-state index is 10.0. The van der Waals surface area contributed by atoms with E-state index in [4.69, 9.17) is 5.11 Å². The molecular weight excluding hydrogens is 188 g/mol. The predicted octanol–water partition coefficient (Wildman–Crippen LogP) is 2.21. The van der Waals surface area contributed by atoms with E-state index in [2.05, 4.69) is 6.58 Å². The van der Waals surface area contributed by atoms with Crippen LogP contribution in [0.2, 0.25) is 0 Å². The molecule has 15 heavy (non-hydrogen) atoms. The van der Waals surface area contributed by atoms with Gasteiger partial charge in [-0.3, -0.25) is 0 Å². The molecule has 0 heterocycles. The largest absolute Gasteiger partial charge is 0.392 e. The number of aliphatic hydroxyl groups excluding tert-OH is 2. The molecule has 0 saturated heterocycles. The molecule has 2 nitrogen and oxygen atoms in total. The lowest BCUT2D eigenvalue weighted by Gasteiger charge is -2.14. The van der Waals surface area contributed by atoms with Crippen LogP contribution in [0.1, 0.15) is 18.6 Å². The Balaban J connectivity index is 2.99. The highest BCUT2D eigenvalue weighted by Gasteiger charge is 2.11. The third-order valence-corrected chi connectivity index (χ3v) is 2.45. The van der Waals surface area contributed by atoms with Gasteiger partial charge in [-0.1, -0.05) is 43.0 Å².